The van der Waals surface area contributed by atoms with Crippen molar-refractivity contribution in [1.29, 1.82) is 0 Å². The number of carboxylic acid groups (broad SMARTS) is 2. The third-order valence-electron chi connectivity index (χ3n) is 6.57. The van der Waals surface area contributed by atoms with Gasteiger partial charge in [-0.2, -0.15) is 26.3 Å². The first kappa shape index (κ1) is 37.8. The predicted molar refractivity (Wildman–Crippen MR) is 169 cm³/mol. The number of fused-ring (bicyclic) bond motifs is 1. The van der Waals surface area contributed by atoms with Crippen LogP contribution < -0.4 is 10.1 Å². The monoisotopic (exact) mass is 697 g/mol. The first-order valence-electron chi connectivity index (χ1n) is 14.2. The van der Waals surface area contributed by atoms with Gasteiger partial charge in [0, 0.05) is 43.1 Å². The van der Waals surface area contributed by atoms with Crippen molar-refractivity contribution < 1.29 is 50.9 Å². The maximum absolute atomic E-state index is 10.6. The summed E-state index contributed by atoms with van der Waals surface area (Å²) in [6.45, 7) is 5.52. The van der Waals surface area contributed by atoms with Crippen molar-refractivity contribution in [2.75, 3.05) is 32.7 Å². The van der Waals surface area contributed by atoms with Crippen LogP contribution >= 0.6 is 11.6 Å². The molecule has 48 heavy (non-hydrogen) atoms. The third-order valence-corrected chi connectivity index (χ3v) is 6.82. The molecule has 2 heterocycles. The van der Waals surface area contributed by atoms with Gasteiger partial charge >= 0.3 is 24.3 Å². The number of piperazine rings is 1. The molecule has 0 amide bonds. The SMILES string of the molecule is Clc1ccc(C=C(CN2CCNCC2)c2ccc(OCc3ccc4ccccc4n3)cc2)cc1.O=C(O)C(F)(F)F.O=C(O)C(F)(F)F. The molecule has 0 aliphatic carbocycles. The second kappa shape index (κ2) is 17.5. The molecule has 0 bridgehead atoms. The number of benzene rings is 3. The highest BCUT2D eigenvalue weighted by Gasteiger charge is 2.38. The lowest BCUT2D eigenvalue weighted by Gasteiger charge is -2.28. The van der Waals surface area contributed by atoms with Crippen LogP contribution in [0.1, 0.15) is 16.8 Å². The molecule has 3 N–H and O–H groups in total. The van der Waals surface area contributed by atoms with Crippen LogP contribution in [0.5, 0.6) is 5.75 Å². The van der Waals surface area contributed by atoms with E-state index in [1.54, 1.807) is 0 Å². The molecular formula is C33H30ClF6N3O5. The van der Waals surface area contributed by atoms with E-state index in [-0.39, 0.29) is 0 Å². The number of para-hydroxylation sites is 1. The quantitative estimate of drug-likeness (QED) is 0.138. The van der Waals surface area contributed by atoms with Gasteiger partial charge in [-0.3, -0.25) is 4.90 Å². The maximum atomic E-state index is 10.6. The summed E-state index contributed by atoms with van der Waals surface area (Å²) >= 11 is 6.09. The number of nitrogens with zero attached hydrogens (tertiary/aromatic N) is 2. The topological polar surface area (TPSA) is 112 Å². The van der Waals surface area contributed by atoms with Crippen molar-refractivity contribution in [1.82, 2.24) is 15.2 Å². The number of hydrogen-bond acceptors (Lipinski definition) is 6. The predicted octanol–water partition coefficient (Wildman–Crippen LogP) is 7.18. The van der Waals surface area contributed by atoms with E-state index in [9.17, 15) is 26.3 Å². The van der Waals surface area contributed by atoms with Crippen molar-refractivity contribution >= 4 is 46.1 Å². The van der Waals surface area contributed by atoms with Crippen LogP contribution in [0, 0.1) is 0 Å². The minimum atomic E-state index is -5.08. The zero-order valence-electron chi connectivity index (χ0n) is 25.1. The van der Waals surface area contributed by atoms with E-state index < -0.39 is 24.3 Å². The zero-order valence-corrected chi connectivity index (χ0v) is 25.8. The van der Waals surface area contributed by atoms with Gasteiger partial charge in [0.25, 0.3) is 0 Å². The Morgan fingerprint density at radius 1 is 0.833 bits per heavy atom. The molecule has 0 atom stereocenters. The second-order valence-corrected chi connectivity index (χ2v) is 10.6. The summed E-state index contributed by atoms with van der Waals surface area (Å²) in [5.74, 6) is -4.67. The number of alkyl halides is 6. The molecule has 1 aliphatic heterocycles. The van der Waals surface area contributed by atoms with Crippen LogP contribution in [0.2, 0.25) is 5.02 Å². The molecule has 8 nitrogen and oxygen atoms in total. The largest absolute Gasteiger partial charge is 0.490 e. The standard InChI is InChI=1S/C29H28ClN3O.2C2HF3O2/c30-26-10-5-22(6-11-26)19-25(20-33-17-15-31-16-18-33)23-8-13-28(14-9-23)34-21-27-12-7-24-3-1-2-4-29(24)32-27;2*3-2(4,5)1(6)7/h1-14,19,31H,15-18,20-21H2;2*(H,6,7). The van der Waals surface area contributed by atoms with Gasteiger partial charge in [0.1, 0.15) is 12.4 Å². The molecule has 15 heteroatoms. The van der Waals surface area contributed by atoms with E-state index in [0.29, 0.717) is 6.61 Å². The summed E-state index contributed by atoms with van der Waals surface area (Å²) in [4.78, 5) is 25.0. The van der Waals surface area contributed by atoms with Crippen molar-refractivity contribution in [3.8, 4) is 5.75 Å². The van der Waals surface area contributed by atoms with Crippen molar-refractivity contribution in [3.05, 3.63) is 107 Å². The number of aliphatic carboxylic acids is 2. The fourth-order valence-corrected chi connectivity index (χ4v) is 4.33. The van der Waals surface area contributed by atoms with Crippen molar-refractivity contribution in [2.45, 2.75) is 19.0 Å². The average Bonchev–Trinajstić information content (AvgIpc) is 3.05. The Labute approximate surface area is 276 Å². The number of ether oxygens (including phenoxy) is 1. The number of hydrogen-bond donors (Lipinski definition) is 3. The lowest BCUT2D eigenvalue weighted by molar-refractivity contribution is -0.193. The Morgan fingerprint density at radius 2 is 1.40 bits per heavy atom. The molecule has 3 aromatic carbocycles. The molecule has 256 valence electrons. The normalized spacial score (nSPS) is 13.9. The Kier molecular flexibility index (Phi) is 13.8. The molecule has 1 aliphatic rings. The average molecular weight is 698 g/mol. The number of carboxylic acids is 2. The minimum Gasteiger partial charge on any atom is -0.487 e. The van der Waals surface area contributed by atoms with Gasteiger partial charge in [0.05, 0.1) is 11.2 Å². The second-order valence-electron chi connectivity index (χ2n) is 10.2. The molecule has 0 unspecified atom stereocenters. The molecule has 0 radical (unpaired) electrons. The van der Waals surface area contributed by atoms with Gasteiger partial charge in [0.2, 0.25) is 0 Å². The van der Waals surface area contributed by atoms with E-state index in [0.717, 1.165) is 65.7 Å². The number of nitrogens with one attached hydrogen (secondary N) is 1. The Morgan fingerprint density at radius 3 is 1.96 bits per heavy atom. The minimum absolute atomic E-state index is 0.443. The first-order chi connectivity index (χ1) is 22.6. The Bertz CT molecular complexity index is 1650. The Balaban J connectivity index is 0.000000376. The highest BCUT2D eigenvalue weighted by atomic mass is 35.5. The Hall–Kier alpha value is -4.66. The fourth-order valence-electron chi connectivity index (χ4n) is 4.20. The molecule has 1 saturated heterocycles. The van der Waals surface area contributed by atoms with E-state index >= 15 is 0 Å². The van der Waals surface area contributed by atoms with Crippen LogP contribution in [0.4, 0.5) is 26.3 Å². The van der Waals surface area contributed by atoms with Gasteiger partial charge in [-0.15, -0.1) is 0 Å². The van der Waals surface area contributed by atoms with E-state index in [4.69, 9.17) is 41.1 Å². The summed E-state index contributed by atoms with van der Waals surface area (Å²) in [6, 6.07) is 28.6. The van der Waals surface area contributed by atoms with Crippen LogP contribution in [0.15, 0.2) is 84.9 Å². The highest BCUT2D eigenvalue weighted by molar-refractivity contribution is 6.30. The van der Waals surface area contributed by atoms with Crippen molar-refractivity contribution in [3.63, 3.8) is 0 Å². The van der Waals surface area contributed by atoms with Gasteiger partial charge in [-0.1, -0.05) is 60.1 Å². The van der Waals surface area contributed by atoms with Crippen LogP contribution in [-0.2, 0) is 16.2 Å². The van der Waals surface area contributed by atoms with Crippen LogP contribution in [0.25, 0.3) is 22.6 Å². The lowest BCUT2D eigenvalue weighted by Crippen LogP contribution is -2.43. The zero-order chi connectivity index (χ0) is 35.3. The van der Waals surface area contributed by atoms with Crippen LogP contribution in [-0.4, -0.2) is 77.1 Å². The molecule has 0 spiro atoms. The summed E-state index contributed by atoms with van der Waals surface area (Å²) in [5, 5.41) is 19.6. The smallest absolute Gasteiger partial charge is 0.487 e. The molecule has 5 rings (SSSR count). The lowest BCUT2D eigenvalue weighted by atomic mass is 10.0. The third kappa shape index (κ3) is 12.9. The molecule has 1 aromatic heterocycles. The summed E-state index contributed by atoms with van der Waals surface area (Å²) in [5.41, 5.74) is 5.54. The van der Waals surface area contributed by atoms with Gasteiger partial charge < -0.3 is 20.3 Å². The first-order valence-corrected chi connectivity index (χ1v) is 14.6. The van der Waals surface area contributed by atoms with E-state index in [2.05, 4.69) is 52.7 Å². The molecular weight excluding hydrogens is 668 g/mol. The van der Waals surface area contributed by atoms with Gasteiger partial charge in [0.15, 0.2) is 0 Å². The van der Waals surface area contributed by atoms with Gasteiger partial charge in [-0.05, 0) is 59.2 Å². The number of carbonyl (C=O) groups is 2. The molecule has 1 fully saturated rings. The number of aromatic nitrogens is 1. The fraction of sp³-hybridized carbons (Fsp3) is 0.242. The molecule has 4 aromatic rings. The molecule has 0 saturated carbocycles. The van der Waals surface area contributed by atoms with Crippen molar-refractivity contribution in [2.24, 2.45) is 0 Å². The number of halogens is 7. The number of rotatable bonds is 7. The summed E-state index contributed by atoms with van der Waals surface area (Å²) in [6.07, 6.45) is -7.91. The highest BCUT2D eigenvalue weighted by Crippen LogP contribution is 2.24. The van der Waals surface area contributed by atoms with E-state index in [1.165, 1.54) is 11.1 Å². The summed E-state index contributed by atoms with van der Waals surface area (Å²) in [7, 11) is 0. The summed E-state index contributed by atoms with van der Waals surface area (Å²) < 4.78 is 69.5. The van der Waals surface area contributed by atoms with E-state index in [1.807, 2.05) is 48.5 Å². The number of pyridine rings is 1. The van der Waals surface area contributed by atoms with Crippen LogP contribution in [0.3, 0.4) is 0 Å². The van der Waals surface area contributed by atoms with Gasteiger partial charge in [-0.25, -0.2) is 14.6 Å². The maximum Gasteiger partial charge on any atom is 0.490 e.